The highest BCUT2D eigenvalue weighted by molar-refractivity contribution is 6.30. The largest absolute Gasteiger partial charge is 0.492 e. The minimum Gasteiger partial charge on any atom is -0.492 e. The van der Waals surface area contributed by atoms with Gasteiger partial charge in [0.1, 0.15) is 19.0 Å². The zero-order chi connectivity index (χ0) is 18.1. The number of aliphatic hydroxyl groups is 1. The Morgan fingerprint density at radius 2 is 2.12 bits per heavy atom. The number of likely N-dealkylation sites (tertiary alicyclic amines) is 1. The molecule has 0 saturated carbocycles. The number of fused-ring (bicyclic) bond motifs is 2. The molecule has 0 aromatic heterocycles. The van der Waals surface area contributed by atoms with Crippen molar-refractivity contribution in [3.05, 3.63) is 64.7 Å². The van der Waals surface area contributed by atoms with Crippen LogP contribution in [-0.4, -0.2) is 41.9 Å². The smallest absolute Gasteiger partial charge is 0.410 e. The van der Waals surface area contributed by atoms with E-state index in [2.05, 4.69) is 0 Å². The minimum absolute atomic E-state index is 0.221. The standard InChI is InChI=1S/C20H20ClNO4/c21-15-6-7-16-17(10-15)26-13-20(16)8-9-22(11-18(20)23)19(24)25-12-14-4-2-1-3-5-14/h1-7,10,18,23H,8-9,11-13H2/t18-,20-/m0/s1. The minimum atomic E-state index is -0.719. The van der Waals surface area contributed by atoms with E-state index in [1.54, 1.807) is 11.0 Å². The number of aliphatic hydroxyl groups excluding tert-OH is 1. The number of carbonyl (C=O) groups excluding carboxylic acids is 1. The molecule has 1 saturated heterocycles. The SMILES string of the molecule is O=C(OCc1ccccc1)N1CC[C@@]2(COc3cc(Cl)ccc32)[C@@H](O)C1. The lowest BCUT2D eigenvalue weighted by atomic mass is 9.72. The molecule has 2 aromatic carbocycles. The van der Waals surface area contributed by atoms with Crippen molar-refractivity contribution in [3.8, 4) is 5.75 Å². The molecule has 1 fully saturated rings. The summed E-state index contributed by atoms with van der Waals surface area (Å²) >= 11 is 6.03. The second-order valence-corrected chi connectivity index (χ2v) is 7.27. The molecule has 26 heavy (non-hydrogen) atoms. The molecule has 0 bridgehead atoms. The summed E-state index contributed by atoms with van der Waals surface area (Å²) < 4.78 is 11.1. The number of hydrogen-bond donors (Lipinski definition) is 1. The first-order valence-electron chi connectivity index (χ1n) is 8.65. The molecule has 0 aliphatic carbocycles. The maximum Gasteiger partial charge on any atom is 0.410 e. The van der Waals surface area contributed by atoms with E-state index >= 15 is 0 Å². The molecular weight excluding hydrogens is 354 g/mol. The highest BCUT2D eigenvalue weighted by atomic mass is 35.5. The van der Waals surface area contributed by atoms with Crippen molar-refractivity contribution in [2.24, 2.45) is 0 Å². The number of nitrogens with zero attached hydrogens (tertiary/aromatic N) is 1. The molecule has 136 valence electrons. The fourth-order valence-electron chi connectivity index (χ4n) is 3.75. The molecule has 2 aromatic rings. The summed E-state index contributed by atoms with van der Waals surface area (Å²) in [6.07, 6.45) is -0.510. The van der Waals surface area contributed by atoms with Gasteiger partial charge in [0.05, 0.1) is 18.1 Å². The van der Waals surface area contributed by atoms with Crippen molar-refractivity contribution in [2.45, 2.75) is 24.5 Å². The fourth-order valence-corrected chi connectivity index (χ4v) is 3.91. The summed E-state index contributed by atoms with van der Waals surface area (Å²) in [4.78, 5) is 13.9. The normalized spacial score (nSPS) is 24.2. The van der Waals surface area contributed by atoms with Gasteiger partial charge in [-0.15, -0.1) is 0 Å². The average Bonchev–Trinajstić information content (AvgIpc) is 3.01. The Labute approximate surface area is 157 Å². The first-order valence-corrected chi connectivity index (χ1v) is 9.03. The van der Waals surface area contributed by atoms with Crippen LogP contribution in [0.5, 0.6) is 5.75 Å². The van der Waals surface area contributed by atoms with Crippen LogP contribution in [0.4, 0.5) is 4.79 Å². The quantitative estimate of drug-likeness (QED) is 0.876. The Morgan fingerprint density at radius 3 is 2.88 bits per heavy atom. The van der Waals surface area contributed by atoms with Crippen molar-refractivity contribution < 1.29 is 19.4 Å². The van der Waals surface area contributed by atoms with E-state index in [-0.39, 0.29) is 13.2 Å². The zero-order valence-corrected chi connectivity index (χ0v) is 15.0. The summed E-state index contributed by atoms with van der Waals surface area (Å²) in [7, 11) is 0. The van der Waals surface area contributed by atoms with Gasteiger partial charge in [-0.1, -0.05) is 48.0 Å². The van der Waals surface area contributed by atoms with Crippen molar-refractivity contribution in [1.29, 1.82) is 0 Å². The number of hydrogen-bond acceptors (Lipinski definition) is 4. The molecule has 1 N–H and O–H groups in total. The van der Waals surface area contributed by atoms with Crippen molar-refractivity contribution in [1.82, 2.24) is 4.90 Å². The second-order valence-electron chi connectivity index (χ2n) is 6.84. The van der Waals surface area contributed by atoms with Crippen molar-refractivity contribution in [2.75, 3.05) is 19.7 Å². The van der Waals surface area contributed by atoms with Gasteiger partial charge in [0, 0.05) is 17.1 Å². The molecule has 0 unspecified atom stereocenters. The monoisotopic (exact) mass is 373 g/mol. The Hall–Kier alpha value is -2.24. The Bertz CT molecular complexity index is 813. The van der Waals surface area contributed by atoms with Gasteiger partial charge >= 0.3 is 6.09 Å². The summed E-state index contributed by atoms with van der Waals surface area (Å²) in [6, 6.07) is 15.0. The van der Waals surface area contributed by atoms with Gasteiger partial charge in [0.15, 0.2) is 0 Å². The number of amides is 1. The highest BCUT2D eigenvalue weighted by Crippen LogP contribution is 2.46. The number of ether oxygens (including phenoxy) is 2. The van der Waals surface area contributed by atoms with Crippen LogP contribution in [0.15, 0.2) is 48.5 Å². The summed E-state index contributed by atoms with van der Waals surface area (Å²) in [5.41, 5.74) is 1.41. The molecular formula is C20H20ClNO4. The van der Waals surface area contributed by atoms with Crippen LogP contribution in [0.2, 0.25) is 5.02 Å². The van der Waals surface area contributed by atoms with Crippen LogP contribution >= 0.6 is 11.6 Å². The lowest BCUT2D eigenvalue weighted by Crippen LogP contribution is -2.55. The topological polar surface area (TPSA) is 59.0 Å². The molecule has 0 radical (unpaired) electrons. The van der Waals surface area contributed by atoms with E-state index in [1.165, 1.54) is 0 Å². The molecule has 2 atom stereocenters. The number of halogens is 1. The molecule has 2 heterocycles. The van der Waals surface area contributed by atoms with E-state index in [1.807, 2.05) is 42.5 Å². The second kappa shape index (κ2) is 6.82. The predicted octanol–water partition coefficient (Wildman–Crippen LogP) is 3.37. The molecule has 1 spiro atoms. The van der Waals surface area contributed by atoms with Crippen molar-refractivity contribution >= 4 is 17.7 Å². The average molecular weight is 374 g/mol. The first-order chi connectivity index (χ1) is 12.6. The Morgan fingerprint density at radius 1 is 1.31 bits per heavy atom. The maximum atomic E-state index is 12.4. The number of piperidine rings is 1. The predicted molar refractivity (Wildman–Crippen MR) is 97.4 cm³/mol. The van der Waals surface area contributed by atoms with Crippen LogP contribution in [0.1, 0.15) is 17.5 Å². The number of benzene rings is 2. The third-order valence-electron chi connectivity index (χ3n) is 5.29. The van der Waals surface area contributed by atoms with Crippen LogP contribution in [0, 0.1) is 0 Å². The van der Waals surface area contributed by atoms with Crippen molar-refractivity contribution in [3.63, 3.8) is 0 Å². The third kappa shape index (κ3) is 3.02. The van der Waals surface area contributed by atoms with E-state index in [9.17, 15) is 9.90 Å². The zero-order valence-electron chi connectivity index (χ0n) is 14.2. The molecule has 2 aliphatic rings. The summed E-state index contributed by atoms with van der Waals surface area (Å²) in [5, 5.41) is 11.4. The van der Waals surface area contributed by atoms with Gasteiger partial charge in [0.2, 0.25) is 0 Å². The summed E-state index contributed by atoms with van der Waals surface area (Å²) in [6.45, 7) is 1.35. The lowest BCUT2D eigenvalue weighted by molar-refractivity contribution is -0.0113. The van der Waals surface area contributed by atoms with Gasteiger partial charge in [-0.05, 0) is 24.1 Å². The highest BCUT2D eigenvalue weighted by Gasteiger charge is 2.50. The van der Waals surface area contributed by atoms with Gasteiger partial charge in [-0.2, -0.15) is 0 Å². The summed E-state index contributed by atoms with van der Waals surface area (Å²) in [5.74, 6) is 0.719. The Balaban J connectivity index is 1.42. The Kier molecular flexibility index (Phi) is 4.51. The van der Waals surface area contributed by atoms with E-state index in [0.29, 0.717) is 24.6 Å². The maximum absolute atomic E-state index is 12.4. The van der Waals surface area contributed by atoms with E-state index in [0.717, 1.165) is 16.9 Å². The molecule has 6 heteroatoms. The van der Waals surface area contributed by atoms with Crippen LogP contribution < -0.4 is 4.74 Å². The van der Waals surface area contributed by atoms with E-state index < -0.39 is 17.6 Å². The van der Waals surface area contributed by atoms with Crippen LogP contribution in [0.25, 0.3) is 0 Å². The van der Waals surface area contributed by atoms with Gasteiger partial charge < -0.3 is 19.5 Å². The first kappa shape index (κ1) is 17.2. The van der Waals surface area contributed by atoms with Crippen LogP contribution in [-0.2, 0) is 16.8 Å². The van der Waals surface area contributed by atoms with Gasteiger partial charge in [-0.25, -0.2) is 4.79 Å². The van der Waals surface area contributed by atoms with Crippen LogP contribution in [0.3, 0.4) is 0 Å². The number of β-amino-alcohol motifs (C(OH)–C–C–N with tert-alkyl or cyclic N) is 1. The molecule has 5 nitrogen and oxygen atoms in total. The number of rotatable bonds is 2. The number of carbonyl (C=O) groups is 1. The third-order valence-corrected chi connectivity index (χ3v) is 5.52. The fraction of sp³-hybridized carbons (Fsp3) is 0.350. The lowest BCUT2D eigenvalue weighted by Gasteiger charge is -2.42. The van der Waals surface area contributed by atoms with E-state index in [4.69, 9.17) is 21.1 Å². The molecule has 1 amide bonds. The van der Waals surface area contributed by atoms with Gasteiger partial charge in [-0.3, -0.25) is 0 Å². The van der Waals surface area contributed by atoms with Gasteiger partial charge in [0.25, 0.3) is 0 Å². The molecule has 2 aliphatic heterocycles. The molecule has 4 rings (SSSR count).